The molecule has 1 fully saturated rings. The van der Waals surface area contributed by atoms with E-state index < -0.39 is 5.41 Å². The Balaban J connectivity index is 1.79. The lowest BCUT2D eigenvalue weighted by Crippen LogP contribution is -2.29. The second kappa shape index (κ2) is 6.11. The molecule has 3 aromatic rings. The Bertz CT molecular complexity index is 938. The average molecular weight is 335 g/mol. The molecule has 1 atom stereocenters. The molecule has 0 radical (unpaired) electrons. The van der Waals surface area contributed by atoms with Gasteiger partial charge < -0.3 is 9.26 Å². The highest BCUT2D eigenvalue weighted by Gasteiger charge is 2.43. The highest BCUT2D eigenvalue weighted by molar-refractivity contribution is 5.63. The molecule has 1 aliphatic rings. The Morgan fingerprint density at radius 3 is 2.64 bits per heavy atom. The van der Waals surface area contributed by atoms with Gasteiger partial charge in [-0.15, -0.1) is 0 Å². The Morgan fingerprint density at radius 1 is 1.12 bits per heavy atom. The van der Waals surface area contributed by atoms with E-state index in [4.69, 9.17) is 9.26 Å². The molecular formula is C19H14FN3O2. The topological polar surface area (TPSA) is 71.9 Å². The second-order valence-corrected chi connectivity index (χ2v) is 5.97. The van der Waals surface area contributed by atoms with Crippen LogP contribution in [0.3, 0.4) is 0 Å². The van der Waals surface area contributed by atoms with Gasteiger partial charge in [-0.1, -0.05) is 29.4 Å². The summed E-state index contributed by atoms with van der Waals surface area (Å²) in [6.45, 7) is 0.966. The van der Waals surface area contributed by atoms with E-state index in [-0.39, 0.29) is 5.82 Å². The van der Waals surface area contributed by atoms with Crippen molar-refractivity contribution in [1.82, 2.24) is 10.1 Å². The summed E-state index contributed by atoms with van der Waals surface area (Å²) in [6.07, 6.45) is 0.678. The minimum atomic E-state index is -0.572. The predicted octanol–water partition coefficient (Wildman–Crippen LogP) is 3.45. The average Bonchev–Trinajstić information content (AvgIpc) is 3.32. The summed E-state index contributed by atoms with van der Waals surface area (Å²) in [6, 6.07) is 15.5. The molecule has 2 heterocycles. The van der Waals surface area contributed by atoms with Crippen molar-refractivity contribution in [3.05, 3.63) is 71.3 Å². The Kier molecular flexibility index (Phi) is 3.79. The summed E-state index contributed by atoms with van der Waals surface area (Å²) in [5, 5.41) is 13.4. The maximum atomic E-state index is 13.3. The van der Waals surface area contributed by atoms with Gasteiger partial charge in [0, 0.05) is 6.61 Å². The summed E-state index contributed by atoms with van der Waals surface area (Å²) >= 11 is 0. The minimum Gasteiger partial charge on any atom is -0.380 e. The highest BCUT2D eigenvalue weighted by atomic mass is 19.1. The van der Waals surface area contributed by atoms with E-state index >= 15 is 0 Å². The van der Waals surface area contributed by atoms with Crippen molar-refractivity contribution in [2.24, 2.45) is 0 Å². The van der Waals surface area contributed by atoms with Crippen LogP contribution < -0.4 is 0 Å². The zero-order valence-electron chi connectivity index (χ0n) is 13.3. The van der Waals surface area contributed by atoms with E-state index in [1.54, 1.807) is 30.3 Å². The van der Waals surface area contributed by atoms with Gasteiger partial charge in [0.25, 0.3) is 5.89 Å². The fourth-order valence-electron chi connectivity index (χ4n) is 3.16. The van der Waals surface area contributed by atoms with Crippen LogP contribution in [-0.4, -0.2) is 23.4 Å². The van der Waals surface area contributed by atoms with Crippen LogP contribution >= 0.6 is 0 Å². The van der Waals surface area contributed by atoms with Gasteiger partial charge in [-0.25, -0.2) is 4.39 Å². The Hall–Kier alpha value is -3.04. The lowest BCUT2D eigenvalue weighted by Gasteiger charge is -2.23. The van der Waals surface area contributed by atoms with Crippen molar-refractivity contribution in [2.75, 3.05) is 13.2 Å². The van der Waals surface area contributed by atoms with Crippen LogP contribution in [0.15, 0.2) is 53.1 Å². The third-order valence-electron chi connectivity index (χ3n) is 4.55. The molecule has 25 heavy (non-hydrogen) atoms. The van der Waals surface area contributed by atoms with E-state index in [1.165, 1.54) is 12.1 Å². The van der Waals surface area contributed by atoms with Crippen LogP contribution in [0, 0.1) is 17.1 Å². The zero-order valence-corrected chi connectivity index (χ0v) is 13.3. The van der Waals surface area contributed by atoms with Crippen molar-refractivity contribution in [2.45, 2.75) is 11.8 Å². The molecule has 0 amide bonds. The van der Waals surface area contributed by atoms with E-state index in [9.17, 15) is 9.65 Å². The third kappa shape index (κ3) is 2.59. The number of ether oxygens (including phenoxy) is 1. The Labute approximate surface area is 143 Å². The van der Waals surface area contributed by atoms with E-state index in [0.717, 1.165) is 5.56 Å². The number of benzene rings is 2. The molecule has 1 aliphatic heterocycles. The first-order chi connectivity index (χ1) is 12.2. The van der Waals surface area contributed by atoms with Gasteiger partial charge in [-0.05, 0) is 36.2 Å². The number of nitrogens with zero attached hydrogens (tertiary/aromatic N) is 3. The summed E-state index contributed by atoms with van der Waals surface area (Å²) in [5.41, 5.74) is 1.37. The number of nitriles is 1. The smallest absolute Gasteiger partial charge is 0.259 e. The largest absolute Gasteiger partial charge is 0.380 e. The van der Waals surface area contributed by atoms with Crippen molar-refractivity contribution in [3.63, 3.8) is 0 Å². The molecule has 0 aliphatic carbocycles. The number of halogens is 1. The van der Waals surface area contributed by atoms with Crippen molar-refractivity contribution in [3.8, 4) is 17.5 Å². The first kappa shape index (κ1) is 15.5. The fourth-order valence-corrected chi connectivity index (χ4v) is 3.16. The molecule has 0 N–H and O–H groups in total. The molecule has 0 unspecified atom stereocenters. The van der Waals surface area contributed by atoms with Crippen LogP contribution in [0.25, 0.3) is 11.5 Å². The van der Waals surface area contributed by atoms with Crippen LogP contribution in [-0.2, 0) is 10.2 Å². The van der Waals surface area contributed by atoms with Gasteiger partial charge in [0.1, 0.15) is 5.82 Å². The molecule has 1 saturated heterocycles. The zero-order chi connectivity index (χ0) is 17.3. The SMILES string of the molecule is N#Cc1ccccc1-c1nc([C@@]2(c3ccc(F)cc3)CCOC2)no1. The molecule has 0 saturated carbocycles. The van der Waals surface area contributed by atoms with E-state index in [1.807, 2.05) is 6.07 Å². The van der Waals surface area contributed by atoms with Gasteiger partial charge in [-0.2, -0.15) is 10.2 Å². The van der Waals surface area contributed by atoms with Crippen LogP contribution in [0.5, 0.6) is 0 Å². The fraction of sp³-hybridized carbons (Fsp3) is 0.211. The molecule has 1 aromatic heterocycles. The third-order valence-corrected chi connectivity index (χ3v) is 4.55. The predicted molar refractivity (Wildman–Crippen MR) is 87.1 cm³/mol. The van der Waals surface area contributed by atoms with Gasteiger partial charge in [0.15, 0.2) is 5.82 Å². The number of rotatable bonds is 3. The summed E-state index contributed by atoms with van der Waals surface area (Å²) in [5.74, 6) is 0.481. The van der Waals surface area contributed by atoms with Crippen molar-refractivity contribution < 1.29 is 13.7 Å². The molecule has 2 aromatic carbocycles. The van der Waals surface area contributed by atoms with Crippen LogP contribution in [0.4, 0.5) is 4.39 Å². The molecule has 6 heteroatoms. The van der Waals surface area contributed by atoms with Crippen LogP contribution in [0.1, 0.15) is 23.4 Å². The van der Waals surface area contributed by atoms with Crippen LogP contribution in [0.2, 0.25) is 0 Å². The number of hydrogen-bond acceptors (Lipinski definition) is 5. The first-order valence-electron chi connectivity index (χ1n) is 7.90. The molecule has 4 rings (SSSR count). The van der Waals surface area contributed by atoms with E-state index in [0.29, 0.717) is 42.5 Å². The summed E-state index contributed by atoms with van der Waals surface area (Å²) in [7, 11) is 0. The molecular weight excluding hydrogens is 321 g/mol. The standard InChI is InChI=1S/C19H14FN3O2/c20-15-7-5-14(6-8-15)19(9-10-24-12-19)18-22-17(25-23-18)16-4-2-1-3-13(16)11-21/h1-8H,9-10,12H2/t19-/m0/s1. The minimum absolute atomic E-state index is 0.292. The molecule has 0 bridgehead atoms. The van der Waals surface area contributed by atoms with Gasteiger partial charge in [-0.3, -0.25) is 0 Å². The maximum Gasteiger partial charge on any atom is 0.259 e. The number of hydrogen-bond donors (Lipinski definition) is 0. The van der Waals surface area contributed by atoms with Gasteiger partial charge >= 0.3 is 0 Å². The normalized spacial score (nSPS) is 19.7. The summed E-state index contributed by atoms with van der Waals surface area (Å²) < 4.78 is 24.3. The van der Waals surface area contributed by atoms with Crippen molar-refractivity contribution in [1.29, 1.82) is 5.26 Å². The lowest BCUT2D eigenvalue weighted by atomic mass is 9.79. The summed E-state index contributed by atoms with van der Waals surface area (Å²) in [4.78, 5) is 4.54. The van der Waals surface area contributed by atoms with E-state index in [2.05, 4.69) is 16.2 Å². The number of aromatic nitrogens is 2. The maximum absolute atomic E-state index is 13.3. The Morgan fingerprint density at radius 2 is 1.92 bits per heavy atom. The molecule has 124 valence electrons. The second-order valence-electron chi connectivity index (χ2n) is 5.97. The highest BCUT2D eigenvalue weighted by Crippen LogP contribution is 2.39. The van der Waals surface area contributed by atoms with Crippen molar-refractivity contribution >= 4 is 0 Å². The first-order valence-corrected chi connectivity index (χ1v) is 7.90. The monoisotopic (exact) mass is 335 g/mol. The quantitative estimate of drug-likeness (QED) is 0.733. The van der Waals surface area contributed by atoms with Gasteiger partial charge in [0.05, 0.1) is 29.2 Å². The molecule has 0 spiro atoms. The van der Waals surface area contributed by atoms with Gasteiger partial charge in [0.2, 0.25) is 0 Å². The molecule has 5 nitrogen and oxygen atoms in total. The lowest BCUT2D eigenvalue weighted by molar-refractivity contribution is 0.182.